The Morgan fingerprint density at radius 3 is 2.45 bits per heavy atom. The van der Waals surface area contributed by atoms with Gasteiger partial charge in [0, 0.05) is 44.6 Å². The maximum Gasteiger partial charge on any atom is 0.322 e. The lowest BCUT2D eigenvalue weighted by Crippen LogP contribution is -2.51. The first kappa shape index (κ1) is 21.1. The van der Waals surface area contributed by atoms with Crippen LogP contribution in [0.5, 0.6) is 5.88 Å². The van der Waals surface area contributed by atoms with Gasteiger partial charge in [0.05, 0.1) is 24.1 Å². The number of hydrogen-bond donors (Lipinski definition) is 1. The van der Waals surface area contributed by atoms with E-state index in [0.717, 1.165) is 0 Å². The van der Waals surface area contributed by atoms with Gasteiger partial charge in [-0.25, -0.2) is 9.78 Å². The summed E-state index contributed by atoms with van der Waals surface area (Å²) in [6.45, 7) is 2.63. The molecule has 2 fully saturated rings. The van der Waals surface area contributed by atoms with Crippen molar-refractivity contribution in [3.05, 3.63) is 48.4 Å². The first-order chi connectivity index (χ1) is 15.2. The Labute approximate surface area is 182 Å². The van der Waals surface area contributed by atoms with Crippen LogP contribution in [0.1, 0.15) is 42.5 Å². The number of carbonyl (C=O) groups is 2. The molecule has 164 valence electrons. The average molecular weight is 424 g/mol. The van der Waals surface area contributed by atoms with Crippen molar-refractivity contribution in [3.63, 3.8) is 0 Å². The predicted molar refractivity (Wildman–Crippen MR) is 117 cm³/mol. The molecule has 0 aromatic carbocycles. The number of anilines is 1. The molecule has 8 heteroatoms. The van der Waals surface area contributed by atoms with Gasteiger partial charge in [-0.1, -0.05) is 19.3 Å². The minimum absolute atomic E-state index is 0.0707. The van der Waals surface area contributed by atoms with Gasteiger partial charge in [-0.05, 0) is 37.0 Å². The standard InChI is InChI=1S/C23H29N5O3/c29-22(19-8-9-21(25-15-19)31-17-18-5-2-1-3-6-18)27-11-13-28(14-12-27)23(30)26-20-7-4-10-24-16-20/h4,7-10,15-16,18H,1-3,5-6,11-14,17H2,(H,26,30). The van der Waals surface area contributed by atoms with Crippen LogP contribution in [0.4, 0.5) is 10.5 Å². The molecule has 4 rings (SSSR count). The fraction of sp³-hybridized carbons (Fsp3) is 0.478. The Balaban J connectivity index is 1.24. The lowest BCUT2D eigenvalue weighted by atomic mass is 9.90. The SMILES string of the molecule is O=C(Nc1cccnc1)N1CCN(C(=O)c2ccc(OCC3CCCCC3)nc2)CC1. The van der Waals surface area contributed by atoms with Gasteiger partial charge in [-0.3, -0.25) is 9.78 Å². The quantitative estimate of drug-likeness (QED) is 0.796. The monoisotopic (exact) mass is 423 g/mol. The number of pyridine rings is 2. The Morgan fingerprint density at radius 2 is 1.77 bits per heavy atom. The van der Waals surface area contributed by atoms with E-state index in [1.807, 2.05) is 0 Å². The molecule has 3 amide bonds. The lowest BCUT2D eigenvalue weighted by molar-refractivity contribution is 0.0671. The summed E-state index contributed by atoms with van der Waals surface area (Å²) >= 11 is 0. The molecule has 1 saturated heterocycles. The van der Waals surface area contributed by atoms with Gasteiger partial charge in [0.25, 0.3) is 5.91 Å². The molecule has 2 aromatic heterocycles. The van der Waals surface area contributed by atoms with E-state index in [4.69, 9.17) is 4.74 Å². The molecule has 1 N–H and O–H groups in total. The van der Waals surface area contributed by atoms with Crippen molar-refractivity contribution in [1.82, 2.24) is 19.8 Å². The van der Waals surface area contributed by atoms with Crippen LogP contribution >= 0.6 is 0 Å². The number of nitrogens with zero attached hydrogens (tertiary/aromatic N) is 4. The second kappa shape index (κ2) is 10.2. The average Bonchev–Trinajstić information content (AvgIpc) is 2.84. The number of nitrogens with one attached hydrogen (secondary N) is 1. The predicted octanol–water partition coefficient (Wildman–Crippen LogP) is 3.43. The molecule has 2 aliphatic rings. The van der Waals surface area contributed by atoms with E-state index >= 15 is 0 Å². The Morgan fingerprint density at radius 1 is 1.00 bits per heavy atom. The summed E-state index contributed by atoms with van der Waals surface area (Å²) in [5.41, 5.74) is 1.20. The third kappa shape index (κ3) is 5.71. The molecule has 1 aliphatic heterocycles. The number of aromatic nitrogens is 2. The second-order valence-electron chi connectivity index (χ2n) is 8.15. The number of urea groups is 1. The van der Waals surface area contributed by atoms with Crippen LogP contribution in [0, 0.1) is 5.92 Å². The molecule has 0 unspecified atom stereocenters. The molecule has 1 aliphatic carbocycles. The first-order valence-electron chi connectivity index (χ1n) is 11.0. The number of rotatable bonds is 5. The van der Waals surface area contributed by atoms with Crippen molar-refractivity contribution in [2.24, 2.45) is 5.92 Å². The zero-order chi connectivity index (χ0) is 21.5. The summed E-state index contributed by atoms with van der Waals surface area (Å²) in [6.07, 6.45) is 11.2. The van der Waals surface area contributed by atoms with Gasteiger partial charge in [-0.15, -0.1) is 0 Å². The Kier molecular flexibility index (Phi) is 6.96. The van der Waals surface area contributed by atoms with Crippen LogP contribution in [-0.4, -0.2) is 64.5 Å². The molecule has 1 saturated carbocycles. The maximum absolute atomic E-state index is 12.8. The smallest absolute Gasteiger partial charge is 0.322 e. The van der Waals surface area contributed by atoms with Crippen LogP contribution in [-0.2, 0) is 0 Å². The van der Waals surface area contributed by atoms with E-state index in [2.05, 4.69) is 15.3 Å². The van der Waals surface area contributed by atoms with Crippen molar-refractivity contribution >= 4 is 17.6 Å². The summed E-state index contributed by atoms with van der Waals surface area (Å²) in [6, 6.07) is 6.93. The largest absolute Gasteiger partial charge is 0.477 e. The normalized spacial score (nSPS) is 17.3. The number of ether oxygens (including phenoxy) is 1. The summed E-state index contributed by atoms with van der Waals surface area (Å²) in [5.74, 6) is 1.11. The highest BCUT2D eigenvalue weighted by atomic mass is 16.5. The lowest BCUT2D eigenvalue weighted by Gasteiger charge is -2.34. The zero-order valence-electron chi connectivity index (χ0n) is 17.7. The molecule has 31 heavy (non-hydrogen) atoms. The van der Waals surface area contributed by atoms with Crippen molar-refractivity contribution in [3.8, 4) is 5.88 Å². The minimum Gasteiger partial charge on any atom is -0.477 e. The fourth-order valence-corrected chi connectivity index (χ4v) is 4.08. The molecule has 3 heterocycles. The van der Waals surface area contributed by atoms with Gasteiger partial charge in [-0.2, -0.15) is 0 Å². The molecule has 0 spiro atoms. The third-order valence-electron chi connectivity index (χ3n) is 5.94. The second-order valence-corrected chi connectivity index (χ2v) is 8.15. The van der Waals surface area contributed by atoms with Crippen molar-refractivity contribution < 1.29 is 14.3 Å². The van der Waals surface area contributed by atoms with Crippen LogP contribution in [0.15, 0.2) is 42.9 Å². The molecule has 0 atom stereocenters. The summed E-state index contributed by atoms with van der Waals surface area (Å²) in [5, 5.41) is 2.83. The highest BCUT2D eigenvalue weighted by Crippen LogP contribution is 2.24. The Hall–Kier alpha value is -3.16. The van der Waals surface area contributed by atoms with E-state index in [9.17, 15) is 9.59 Å². The van der Waals surface area contributed by atoms with Crippen molar-refractivity contribution in [1.29, 1.82) is 0 Å². The zero-order valence-corrected chi connectivity index (χ0v) is 17.7. The van der Waals surface area contributed by atoms with Crippen molar-refractivity contribution in [2.45, 2.75) is 32.1 Å². The molecule has 8 nitrogen and oxygen atoms in total. The maximum atomic E-state index is 12.8. The summed E-state index contributed by atoms with van der Waals surface area (Å²) in [7, 11) is 0. The van der Waals surface area contributed by atoms with Crippen LogP contribution < -0.4 is 10.1 Å². The summed E-state index contributed by atoms with van der Waals surface area (Å²) in [4.78, 5) is 37.0. The van der Waals surface area contributed by atoms with Crippen LogP contribution in [0.25, 0.3) is 0 Å². The van der Waals surface area contributed by atoms with Gasteiger partial charge in [0.1, 0.15) is 0 Å². The molecular formula is C23H29N5O3. The van der Waals surface area contributed by atoms with Crippen LogP contribution in [0.3, 0.4) is 0 Å². The van der Waals surface area contributed by atoms with E-state index < -0.39 is 0 Å². The van der Waals surface area contributed by atoms with E-state index in [1.54, 1.807) is 52.7 Å². The minimum atomic E-state index is -0.179. The van der Waals surface area contributed by atoms with Gasteiger partial charge < -0.3 is 19.9 Å². The van der Waals surface area contributed by atoms with E-state index in [0.29, 0.717) is 55.8 Å². The number of piperazine rings is 1. The topological polar surface area (TPSA) is 87.7 Å². The van der Waals surface area contributed by atoms with Crippen molar-refractivity contribution in [2.75, 3.05) is 38.1 Å². The number of hydrogen-bond acceptors (Lipinski definition) is 5. The van der Waals surface area contributed by atoms with Gasteiger partial charge in [0.2, 0.25) is 5.88 Å². The first-order valence-corrected chi connectivity index (χ1v) is 11.0. The van der Waals surface area contributed by atoms with E-state index in [-0.39, 0.29) is 11.9 Å². The molecule has 2 aromatic rings. The van der Waals surface area contributed by atoms with Gasteiger partial charge in [0.15, 0.2) is 0 Å². The van der Waals surface area contributed by atoms with Crippen LogP contribution in [0.2, 0.25) is 0 Å². The highest BCUT2D eigenvalue weighted by Gasteiger charge is 2.25. The van der Waals surface area contributed by atoms with E-state index in [1.165, 1.54) is 32.1 Å². The Bertz CT molecular complexity index is 861. The number of amides is 3. The summed E-state index contributed by atoms with van der Waals surface area (Å²) < 4.78 is 5.82. The number of carbonyl (C=O) groups excluding carboxylic acids is 2. The molecule has 0 bridgehead atoms. The third-order valence-corrected chi connectivity index (χ3v) is 5.94. The molecular weight excluding hydrogens is 394 g/mol. The fourth-order valence-electron chi connectivity index (χ4n) is 4.08. The highest BCUT2D eigenvalue weighted by molar-refractivity contribution is 5.94. The molecule has 0 radical (unpaired) electrons. The van der Waals surface area contributed by atoms with Gasteiger partial charge >= 0.3 is 6.03 Å².